The number of rotatable bonds is 3. The molecule has 0 unspecified atom stereocenters. The van der Waals surface area contributed by atoms with Crippen LogP contribution < -0.4 is 0 Å². The van der Waals surface area contributed by atoms with Gasteiger partial charge >= 0.3 is 12.1 Å². The fraction of sp³-hybridized carbons (Fsp3) is 0.444. The van der Waals surface area contributed by atoms with E-state index in [0.717, 1.165) is 5.56 Å². The predicted octanol–water partition coefficient (Wildman–Crippen LogP) is 2.22. The molecule has 2 atom stereocenters. The molecule has 7 heteroatoms. The summed E-state index contributed by atoms with van der Waals surface area (Å²) < 4.78 is 21.7. The molecule has 0 spiro atoms. The fourth-order valence-electron chi connectivity index (χ4n) is 2.92. The Morgan fingerprint density at radius 2 is 1.96 bits per heavy atom. The number of fused-ring (bicyclic) bond motifs is 1. The minimum absolute atomic E-state index is 0.100. The largest absolute Gasteiger partial charge is 0.464 e. The van der Waals surface area contributed by atoms with E-state index in [4.69, 9.17) is 18.9 Å². The third-order valence-electron chi connectivity index (χ3n) is 4.02. The summed E-state index contributed by atoms with van der Waals surface area (Å²) in [6.45, 7) is 3.84. The zero-order valence-electron chi connectivity index (χ0n) is 14.4. The number of esters is 1. The topological polar surface area (TPSA) is 74.3 Å². The van der Waals surface area contributed by atoms with Gasteiger partial charge in [0.15, 0.2) is 5.79 Å². The van der Waals surface area contributed by atoms with E-state index < -0.39 is 24.0 Å². The average Bonchev–Trinajstić information content (AvgIpc) is 2.91. The van der Waals surface area contributed by atoms with Gasteiger partial charge in [-0.1, -0.05) is 30.3 Å². The van der Waals surface area contributed by atoms with Gasteiger partial charge < -0.3 is 18.9 Å². The Morgan fingerprint density at radius 3 is 2.64 bits per heavy atom. The molecule has 1 saturated heterocycles. The van der Waals surface area contributed by atoms with E-state index >= 15 is 0 Å². The number of ether oxygens (including phenoxy) is 4. The molecule has 0 saturated carbocycles. The maximum Gasteiger partial charge on any atom is 0.414 e. The Labute approximate surface area is 146 Å². The first-order valence-corrected chi connectivity index (χ1v) is 8.03. The molecule has 1 amide bonds. The summed E-state index contributed by atoms with van der Waals surface area (Å²) in [7, 11) is 1.26. The SMILES string of the molecule is COC(=O)C1=C[C@@H]2OC(C)(C)O[C@@H]2CN1C(=O)OCc1ccccc1. The van der Waals surface area contributed by atoms with Crippen molar-refractivity contribution in [1.82, 2.24) is 4.90 Å². The van der Waals surface area contributed by atoms with Crippen molar-refractivity contribution < 1.29 is 28.5 Å². The van der Waals surface area contributed by atoms with Gasteiger partial charge in [0, 0.05) is 0 Å². The standard InChI is InChI=1S/C18H21NO6/c1-18(2)24-14-9-13(16(20)22-3)19(10-15(14)25-18)17(21)23-11-12-7-5-4-6-8-12/h4-9,14-15H,10-11H2,1-3H3/t14-,15+/m0/s1. The summed E-state index contributed by atoms with van der Waals surface area (Å²) in [6.07, 6.45) is 0.139. The first kappa shape index (κ1) is 17.4. The number of carbonyl (C=O) groups is 2. The third kappa shape index (κ3) is 3.83. The molecule has 7 nitrogen and oxygen atoms in total. The van der Waals surface area contributed by atoms with Crippen molar-refractivity contribution in [1.29, 1.82) is 0 Å². The van der Waals surface area contributed by atoms with Crippen LogP contribution >= 0.6 is 0 Å². The molecule has 0 N–H and O–H groups in total. The van der Waals surface area contributed by atoms with Crippen molar-refractivity contribution in [2.24, 2.45) is 0 Å². The molecule has 1 aromatic carbocycles. The number of amides is 1. The Balaban J connectivity index is 1.75. The Hall–Kier alpha value is -2.38. The number of methoxy groups -OCH3 is 1. The highest BCUT2D eigenvalue weighted by atomic mass is 16.8. The molecule has 134 valence electrons. The number of carbonyl (C=O) groups excluding carboxylic acids is 2. The van der Waals surface area contributed by atoms with Gasteiger partial charge in [0.05, 0.1) is 13.7 Å². The van der Waals surface area contributed by atoms with E-state index in [0.29, 0.717) is 0 Å². The lowest BCUT2D eigenvalue weighted by atomic mass is 10.1. The number of nitrogens with zero attached hydrogens (tertiary/aromatic N) is 1. The van der Waals surface area contributed by atoms with Gasteiger partial charge in [0.25, 0.3) is 0 Å². The van der Waals surface area contributed by atoms with E-state index in [9.17, 15) is 9.59 Å². The summed E-state index contributed by atoms with van der Waals surface area (Å²) in [5.41, 5.74) is 0.957. The van der Waals surface area contributed by atoms with Crippen molar-refractivity contribution in [2.45, 2.75) is 38.4 Å². The van der Waals surface area contributed by atoms with Gasteiger partial charge in [0.2, 0.25) is 0 Å². The van der Waals surface area contributed by atoms with E-state index in [2.05, 4.69) is 0 Å². The lowest BCUT2D eigenvalue weighted by Gasteiger charge is -2.31. The van der Waals surface area contributed by atoms with E-state index in [1.54, 1.807) is 19.9 Å². The zero-order chi connectivity index (χ0) is 18.0. The van der Waals surface area contributed by atoms with Crippen LogP contribution in [0, 0.1) is 0 Å². The molecule has 0 aliphatic carbocycles. The van der Waals surface area contributed by atoms with Crippen molar-refractivity contribution in [3.05, 3.63) is 47.7 Å². The van der Waals surface area contributed by atoms with Gasteiger partial charge in [-0.2, -0.15) is 0 Å². The lowest BCUT2D eigenvalue weighted by Crippen LogP contribution is -2.46. The summed E-state index contributed by atoms with van der Waals surface area (Å²) in [4.78, 5) is 25.8. The van der Waals surface area contributed by atoms with Crippen molar-refractivity contribution >= 4 is 12.1 Å². The molecule has 0 aromatic heterocycles. The number of benzene rings is 1. The van der Waals surface area contributed by atoms with Gasteiger partial charge in [-0.05, 0) is 25.5 Å². The van der Waals surface area contributed by atoms with Crippen LogP contribution in [0.4, 0.5) is 4.79 Å². The Morgan fingerprint density at radius 1 is 1.24 bits per heavy atom. The molecular formula is C18H21NO6. The van der Waals surface area contributed by atoms with Crippen LogP contribution in [0.25, 0.3) is 0 Å². The zero-order valence-corrected chi connectivity index (χ0v) is 14.4. The van der Waals surface area contributed by atoms with Crippen LogP contribution in [0.1, 0.15) is 19.4 Å². The molecular weight excluding hydrogens is 326 g/mol. The molecule has 2 aliphatic heterocycles. The van der Waals surface area contributed by atoms with Crippen LogP contribution in [0.3, 0.4) is 0 Å². The van der Waals surface area contributed by atoms with Gasteiger partial charge in [-0.15, -0.1) is 0 Å². The van der Waals surface area contributed by atoms with Crippen LogP contribution in [-0.4, -0.2) is 48.6 Å². The lowest BCUT2D eigenvalue weighted by molar-refractivity contribution is -0.143. The number of hydrogen-bond acceptors (Lipinski definition) is 6. The monoisotopic (exact) mass is 347 g/mol. The minimum atomic E-state index is -0.781. The van der Waals surface area contributed by atoms with Gasteiger partial charge in [-0.3, -0.25) is 4.90 Å². The summed E-state index contributed by atoms with van der Waals surface area (Å²) in [5.74, 6) is -1.40. The molecule has 2 aliphatic rings. The van der Waals surface area contributed by atoms with Crippen LogP contribution in [0.15, 0.2) is 42.1 Å². The van der Waals surface area contributed by atoms with Crippen LogP contribution in [0.5, 0.6) is 0 Å². The second-order valence-corrected chi connectivity index (χ2v) is 6.33. The minimum Gasteiger partial charge on any atom is -0.464 e. The smallest absolute Gasteiger partial charge is 0.414 e. The summed E-state index contributed by atoms with van der Waals surface area (Å²) in [6, 6.07) is 9.31. The third-order valence-corrected chi connectivity index (χ3v) is 4.02. The predicted molar refractivity (Wildman–Crippen MR) is 87.3 cm³/mol. The maximum absolute atomic E-state index is 12.5. The highest BCUT2D eigenvalue weighted by Crippen LogP contribution is 2.34. The molecule has 25 heavy (non-hydrogen) atoms. The van der Waals surface area contributed by atoms with E-state index in [-0.39, 0.29) is 25.0 Å². The van der Waals surface area contributed by atoms with Gasteiger partial charge in [-0.25, -0.2) is 9.59 Å². The average molecular weight is 347 g/mol. The summed E-state index contributed by atoms with van der Waals surface area (Å²) >= 11 is 0. The first-order valence-electron chi connectivity index (χ1n) is 8.03. The molecule has 0 bridgehead atoms. The van der Waals surface area contributed by atoms with E-state index in [1.165, 1.54) is 12.0 Å². The Bertz CT molecular complexity index is 684. The maximum atomic E-state index is 12.5. The molecule has 0 radical (unpaired) electrons. The second-order valence-electron chi connectivity index (χ2n) is 6.33. The quantitative estimate of drug-likeness (QED) is 0.781. The molecule has 3 rings (SSSR count). The highest BCUT2D eigenvalue weighted by Gasteiger charge is 2.46. The molecule has 1 fully saturated rings. The fourth-order valence-corrected chi connectivity index (χ4v) is 2.92. The Kier molecular flexibility index (Phi) is 4.78. The van der Waals surface area contributed by atoms with Gasteiger partial charge in [0.1, 0.15) is 24.5 Å². The van der Waals surface area contributed by atoms with Crippen LogP contribution in [0.2, 0.25) is 0 Å². The van der Waals surface area contributed by atoms with Crippen molar-refractivity contribution in [2.75, 3.05) is 13.7 Å². The summed E-state index contributed by atoms with van der Waals surface area (Å²) in [5, 5.41) is 0. The first-order chi connectivity index (χ1) is 11.9. The normalized spacial score (nSPS) is 24.3. The van der Waals surface area contributed by atoms with E-state index in [1.807, 2.05) is 30.3 Å². The van der Waals surface area contributed by atoms with Crippen molar-refractivity contribution in [3.63, 3.8) is 0 Å². The van der Waals surface area contributed by atoms with Crippen LogP contribution in [-0.2, 0) is 30.3 Å². The van der Waals surface area contributed by atoms with Crippen molar-refractivity contribution in [3.8, 4) is 0 Å². The second kappa shape index (κ2) is 6.85. The molecule has 1 aromatic rings. The highest BCUT2D eigenvalue weighted by molar-refractivity contribution is 5.92. The number of hydrogen-bond donors (Lipinski definition) is 0. The molecule has 2 heterocycles.